The van der Waals surface area contributed by atoms with Gasteiger partial charge in [0.15, 0.2) is 0 Å². The molecular weight excluding hydrogens is 357 g/mol. The van der Waals surface area contributed by atoms with E-state index in [0.29, 0.717) is 20.1 Å². The van der Waals surface area contributed by atoms with Gasteiger partial charge in [-0.25, -0.2) is 0 Å². The van der Waals surface area contributed by atoms with E-state index >= 15 is 0 Å². The van der Waals surface area contributed by atoms with Gasteiger partial charge in [-0.15, -0.1) is 29.1 Å². The molecule has 5 heteroatoms. The molecule has 4 aromatic carbocycles. The van der Waals surface area contributed by atoms with Crippen LogP contribution < -0.4 is 29.6 Å². The van der Waals surface area contributed by atoms with Gasteiger partial charge in [0.05, 0.1) is 0 Å². The Kier molecular flexibility index (Phi) is 4.27. The first-order valence-corrected chi connectivity index (χ1v) is 7.41. The molecule has 0 saturated heterocycles. The summed E-state index contributed by atoms with van der Waals surface area (Å²) in [6, 6.07) is 12.5. The number of hydrogen-bond donors (Lipinski definition) is 0. The fourth-order valence-electron chi connectivity index (χ4n) is 2.73. The van der Waals surface area contributed by atoms with Gasteiger partial charge >= 0.3 is 29.6 Å². The fraction of sp³-hybridized carbons (Fsp3) is 0. The van der Waals surface area contributed by atoms with Gasteiger partial charge in [0.25, 0.3) is 0 Å². The maximum atomic E-state index is 6.31. The Balaban J connectivity index is 0.00000132. The summed E-state index contributed by atoms with van der Waals surface area (Å²) < 4.78 is 0. The Hall–Kier alpha value is 0.0800. The minimum Gasteiger partial charge on any atom is -0.146 e. The van der Waals surface area contributed by atoms with Crippen LogP contribution in [0.25, 0.3) is 32.3 Å². The van der Waals surface area contributed by atoms with Gasteiger partial charge < -0.3 is 0 Å². The van der Waals surface area contributed by atoms with Gasteiger partial charge in [0.2, 0.25) is 0 Å². The number of halogens is 4. The maximum absolute atomic E-state index is 6.31. The summed E-state index contributed by atoms with van der Waals surface area (Å²) in [5.41, 5.74) is 0. The van der Waals surface area contributed by atoms with E-state index in [1.165, 1.54) is 0 Å². The van der Waals surface area contributed by atoms with Crippen LogP contribution in [0.5, 0.6) is 0 Å². The molecule has 0 nitrogen and oxygen atoms in total. The van der Waals surface area contributed by atoms with Crippen molar-refractivity contribution in [2.45, 2.75) is 0 Å². The first-order chi connectivity index (χ1) is 9.58. The molecule has 4 rings (SSSR count). The van der Waals surface area contributed by atoms with Crippen LogP contribution in [-0.4, -0.2) is 0 Å². The van der Waals surface area contributed by atoms with E-state index in [0.717, 1.165) is 32.3 Å². The molecule has 0 unspecified atom stereocenters. The van der Waals surface area contributed by atoms with Crippen LogP contribution in [0.2, 0.25) is 20.1 Å². The average Bonchev–Trinajstić information content (AvgIpc) is 2.42. The first-order valence-electron chi connectivity index (χ1n) is 5.90. The zero-order valence-corrected chi connectivity index (χ0v) is 15.9. The molecule has 98 valence electrons. The molecule has 0 saturated carbocycles. The predicted molar refractivity (Wildman–Crippen MR) is 89.0 cm³/mol. The van der Waals surface area contributed by atoms with Crippen molar-refractivity contribution in [3.8, 4) is 0 Å². The summed E-state index contributed by atoms with van der Waals surface area (Å²) in [7, 11) is 0. The Morgan fingerprint density at radius 3 is 1.86 bits per heavy atom. The summed E-state index contributed by atoms with van der Waals surface area (Å²) in [6.45, 7) is 0. The van der Waals surface area contributed by atoms with Gasteiger partial charge in [0, 0.05) is 15.1 Å². The molecule has 4 aromatic rings. The van der Waals surface area contributed by atoms with Crippen molar-refractivity contribution < 1.29 is 29.6 Å². The van der Waals surface area contributed by atoms with E-state index in [-0.39, 0.29) is 29.6 Å². The standard InChI is InChI=1S/C16H5Cl4.Na/c17-11-5-13(19)9-3-4-10-14(20)6-12(18)8-2-1-7(11)15(9)16(8)10;/h1-3,5-6H;/q-1;+1. The number of benzene rings is 4. The molecule has 0 aliphatic carbocycles. The van der Waals surface area contributed by atoms with Crippen molar-refractivity contribution in [1.82, 2.24) is 0 Å². The minimum atomic E-state index is 0. The smallest absolute Gasteiger partial charge is 0.146 e. The topological polar surface area (TPSA) is 0 Å². The Labute approximate surface area is 163 Å². The SMILES string of the molecule is Clc1cc(Cl)c2ccc3c(Cl)cc(Cl)c4c[c-]c1c2c43.[Na+]. The van der Waals surface area contributed by atoms with Crippen molar-refractivity contribution in [1.29, 1.82) is 0 Å². The van der Waals surface area contributed by atoms with Crippen molar-refractivity contribution in [2.75, 3.05) is 0 Å². The van der Waals surface area contributed by atoms with Crippen molar-refractivity contribution in [3.05, 3.63) is 56.5 Å². The third-order valence-corrected chi connectivity index (χ3v) is 4.84. The molecule has 0 amide bonds. The maximum Gasteiger partial charge on any atom is 1.00 e. The largest absolute Gasteiger partial charge is 1.00 e. The minimum absolute atomic E-state index is 0. The van der Waals surface area contributed by atoms with Crippen LogP contribution in [0, 0.1) is 6.07 Å². The van der Waals surface area contributed by atoms with Crippen LogP contribution in [0.3, 0.4) is 0 Å². The molecule has 0 heterocycles. The Morgan fingerprint density at radius 1 is 0.667 bits per heavy atom. The second kappa shape index (κ2) is 5.62. The van der Waals surface area contributed by atoms with Crippen LogP contribution in [0.1, 0.15) is 0 Å². The molecule has 0 aromatic heterocycles. The van der Waals surface area contributed by atoms with E-state index in [4.69, 9.17) is 46.4 Å². The number of rotatable bonds is 0. The summed E-state index contributed by atoms with van der Waals surface area (Å²) >= 11 is 25.2. The molecule has 0 spiro atoms. The predicted octanol–water partition coefficient (Wildman–Crippen LogP) is 4.00. The van der Waals surface area contributed by atoms with Crippen molar-refractivity contribution >= 4 is 78.7 Å². The molecule has 21 heavy (non-hydrogen) atoms. The van der Waals surface area contributed by atoms with Gasteiger partial charge in [-0.05, 0) is 21.9 Å². The van der Waals surface area contributed by atoms with E-state index in [2.05, 4.69) is 6.07 Å². The first kappa shape index (κ1) is 16.0. The monoisotopic (exact) mass is 360 g/mol. The summed E-state index contributed by atoms with van der Waals surface area (Å²) in [6.07, 6.45) is 0. The van der Waals surface area contributed by atoms with Gasteiger partial charge in [-0.2, -0.15) is 0 Å². The third-order valence-electron chi connectivity index (χ3n) is 3.60. The van der Waals surface area contributed by atoms with E-state index < -0.39 is 0 Å². The molecule has 0 fully saturated rings. The molecule has 0 atom stereocenters. The van der Waals surface area contributed by atoms with Crippen LogP contribution in [-0.2, 0) is 0 Å². The third kappa shape index (κ3) is 2.24. The van der Waals surface area contributed by atoms with Crippen LogP contribution in [0.15, 0.2) is 30.3 Å². The molecule has 0 radical (unpaired) electrons. The fourth-order valence-corrected chi connectivity index (χ4v) is 3.89. The van der Waals surface area contributed by atoms with Crippen molar-refractivity contribution in [2.24, 2.45) is 0 Å². The summed E-state index contributed by atoms with van der Waals surface area (Å²) in [4.78, 5) is 0. The summed E-state index contributed by atoms with van der Waals surface area (Å²) in [5, 5.41) is 7.96. The average molecular weight is 362 g/mol. The zero-order valence-electron chi connectivity index (χ0n) is 10.9. The zero-order chi connectivity index (χ0) is 14.0. The Bertz CT molecular complexity index is 840. The molecule has 0 aliphatic rings. The quantitative estimate of drug-likeness (QED) is 0.252. The van der Waals surface area contributed by atoms with Crippen LogP contribution in [0.4, 0.5) is 0 Å². The van der Waals surface area contributed by atoms with E-state index in [1.807, 2.05) is 18.2 Å². The second-order valence-corrected chi connectivity index (χ2v) is 6.30. The molecule has 0 bridgehead atoms. The molecular formula is C16H5Cl4Na. The Morgan fingerprint density at radius 2 is 1.19 bits per heavy atom. The van der Waals surface area contributed by atoms with Gasteiger partial charge in [0.1, 0.15) is 0 Å². The molecule has 0 aliphatic heterocycles. The van der Waals surface area contributed by atoms with E-state index in [9.17, 15) is 0 Å². The van der Waals surface area contributed by atoms with E-state index in [1.54, 1.807) is 12.1 Å². The van der Waals surface area contributed by atoms with Gasteiger partial charge in [-0.3, -0.25) is 0 Å². The van der Waals surface area contributed by atoms with Crippen LogP contribution >= 0.6 is 46.4 Å². The normalized spacial score (nSPS) is 11.4. The second-order valence-electron chi connectivity index (χ2n) is 4.67. The van der Waals surface area contributed by atoms with Crippen molar-refractivity contribution in [3.63, 3.8) is 0 Å². The molecule has 0 N–H and O–H groups in total. The summed E-state index contributed by atoms with van der Waals surface area (Å²) in [5.74, 6) is 0. The number of hydrogen-bond acceptors (Lipinski definition) is 0. The van der Waals surface area contributed by atoms with Gasteiger partial charge in [-0.1, -0.05) is 69.2 Å².